The lowest BCUT2D eigenvalue weighted by Crippen LogP contribution is -2.28. The molecule has 0 bridgehead atoms. The van der Waals surface area contributed by atoms with Gasteiger partial charge in [-0.1, -0.05) is 24.3 Å². The molecule has 0 spiro atoms. The number of hydrogen-bond acceptors (Lipinski definition) is 5. The minimum atomic E-state index is -3.54. The summed E-state index contributed by atoms with van der Waals surface area (Å²) in [5, 5.41) is 5.27. The van der Waals surface area contributed by atoms with Crippen molar-refractivity contribution in [3.05, 3.63) is 60.8 Å². The average Bonchev–Trinajstić information content (AvgIpc) is 2.97. The minimum Gasteiger partial charge on any atom is -0.355 e. The van der Waals surface area contributed by atoms with Gasteiger partial charge in [0.2, 0.25) is 9.84 Å². The van der Waals surface area contributed by atoms with Crippen LogP contribution >= 0.6 is 12.4 Å². The van der Waals surface area contributed by atoms with Gasteiger partial charge in [-0.25, -0.2) is 13.4 Å². The summed E-state index contributed by atoms with van der Waals surface area (Å²) in [6.45, 7) is 3.67. The molecule has 0 unspecified atom stereocenters. The third kappa shape index (κ3) is 3.93. The number of benzene rings is 2. The first-order valence-electron chi connectivity index (χ1n) is 8.81. The van der Waals surface area contributed by atoms with E-state index in [1.807, 2.05) is 18.2 Å². The van der Waals surface area contributed by atoms with Gasteiger partial charge in [0, 0.05) is 31.2 Å². The van der Waals surface area contributed by atoms with E-state index >= 15 is 0 Å². The average molecular weight is 404 g/mol. The van der Waals surface area contributed by atoms with Crippen LogP contribution in [0, 0.1) is 0 Å². The Morgan fingerprint density at radius 2 is 1.74 bits per heavy atom. The maximum Gasteiger partial charge on any atom is 0.206 e. The Balaban J connectivity index is 0.00000210. The van der Waals surface area contributed by atoms with Crippen molar-refractivity contribution in [1.29, 1.82) is 0 Å². The largest absolute Gasteiger partial charge is 0.355 e. The molecule has 1 aliphatic rings. The van der Waals surface area contributed by atoms with Crippen molar-refractivity contribution in [2.45, 2.75) is 16.2 Å². The number of pyridine rings is 1. The zero-order valence-electron chi connectivity index (χ0n) is 14.8. The summed E-state index contributed by atoms with van der Waals surface area (Å²) in [4.78, 5) is 7.42. The number of sulfone groups is 1. The molecule has 1 saturated heterocycles. The Bertz CT molecular complexity index is 1020. The lowest BCUT2D eigenvalue weighted by atomic mass is 10.1. The molecule has 0 radical (unpaired) electrons. The first kappa shape index (κ1) is 19.6. The second kappa shape index (κ2) is 8.25. The molecule has 0 atom stereocenters. The van der Waals surface area contributed by atoms with Crippen molar-refractivity contribution in [1.82, 2.24) is 10.3 Å². The highest BCUT2D eigenvalue weighted by atomic mass is 35.5. The fourth-order valence-corrected chi connectivity index (χ4v) is 4.65. The molecule has 1 N–H and O–H groups in total. The van der Waals surface area contributed by atoms with Gasteiger partial charge in [0.1, 0.15) is 5.82 Å². The van der Waals surface area contributed by atoms with E-state index in [1.54, 1.807) is 42.6 Å². The van der Waals surface area contributed by atoms with Crippen molar-refractivity contribution in [3.63, 3.8) is 0 Å². The van der Waals surface area contributed by atoms with Crippen LogP contribution in [0.2, 0.25) is 0 Å². The van der Waals surface area contributed by atoms with Crippen LogP contribution in [0.25, 0.3) is 10.8 Å². The van der Waals surface area contributed by atoms with E-state index in [0.29, 0.717) is 9.79 Å². The summed E-state index contributed by atoms with van der Waals surface area (Å²) >= 11 is 0. The minimum absolute atomic E-state index is 0. The van der Waals surface area contributed by atoms with Gasteiger partial charge in [0.25, 0.3) is 0 Å². The van der Waals surface area contributed by atoms with E-state index in [1.165, 1.54) is 0 Å². The van der Waals surface area contributed by atoms with Gasteiger partial charge in [-0.2, -0.15) is 0 Å². The van der Waals surface area contributed by atoms with Crippen LogP contribution in [-0.4, -0.2) is 39.6 Å². The lowest BCUT2D eigenvalue weighted by Gasteiger charge is -2.22. The summed E-state index contributed by atoms with van der Waals surface area (Å²) in [6.07, 6.45) is 2.83. The molecule has 2 heterocycles. The molecule has 0 aliphatic carbocycles. The zero-order chi connectivity index (χ0) is 18.0. The molecule has 2 aromatic carbocycles. The maximum atomic E-state index is 13.0. The van der Waals surface area contributed by atoms with Crippen molar-refractivity contribution >= 4 is 38.8 Å². The number of fused-ring (bicyclic) bond motifs is 1. The molecule has 1 aliphatic heterocycles. The van der Waals surface area contributed by atoms with E-state index < -0.39 is 9.84 Å². The smallest absolute Gasteiger partial charge is 0.206 e. The van der Waals surface area contributed by atoms with Crippen molar-refractivity contribution in [2.75, 3.05) is 31.1 Å². The fraction of sp³-hybridized carbons (Fsp3) is 0.250. The molecule has 142 valence electrons. The standard InChI is InChI=1S/C20H21N3O2S.ClH/c24-26(25,17-5-2-1-3-6-17)18-8-7-16-9-11-22-20(19(16)15-18)23-13-4-10-21-12-14-23;/h1-3,5-9,11,15,21H,4,10,12-14H2;1H. The molecule has 1 aromatic heterocycles. The molecule has 3 aromatic rings. The quantitative estimate of drug-likeness (QED) is 0.727. The normalized spacial score (nSPS) is 15.2. The van der Waals surface area contributed by atoms with Gasteiger partial charge < -0.3 is 10.2 Å². The summed E-state index contributed by atoms with van der Waals surface area (Å²) in [5.41, 5.74) is 0. The van der Waals surface area contributed by atoms with Crippen LogP contribution in [-0.2, 0) is 9.84 Å². The monoisotopic (exact) mass is 403 g/mol. The molecular weight excluding hydrogens is 382 g/mol. The van der Waals surface area contributed by atoms with E-state index in [-0.39, 0.29) is 12.4 Å². The van der Waals surface area contributed by atoms with Gasteiger partial charge >= 0.3 is 0 Å². The maximum absolute atomic E-state index is 13.0. The Kier molecular flexibility index (Phi) is 5.99. The molecule has 5 nitrogen and oxygen atoms in total. The van der Waals surface area contributed by atoms with Crippen molar-refractivity contribution in [3.8, 4) is 0 Å². The molecule has 0 saturated carbocycles. The molecule has 1 fully saturated rings. The summed E-state index contributed by atoms with van der Waals surface area (Å²) in [5.74, 6) is 0.858. The Labute approximate surface area is 165 Å². The highest BCUT2D eigenvalue weighted by Gasteiger charge is 2.20. The number of nitrogens with zero attached hydrogens (tertiary/aromatic N) is 2. The molecule has 4 rings (SSSR count). The summed E-state index contributed by atoms with van der Waals surface area (Å²) in [7, 11) is -3.54. The van der Waals surface area contributed by atoms with Crippen LogP contribution in [0.1, 0.15) is 6.42 Å². The summed E-state index contributed by atoms with van der Waals surface area (Å²) in [6, 6.07) is 15.8. The van der Waals surface area contributed by atoms with E-state index in [9.17, 15) is 8.42 Å². The molecule has 0 amide bonds. The Hall–Kier alpha value is -2.15. The topological polar surface area (TPSA) is 62.3 Å². The fourth-order valence-electron chi connectivity index (χ4n) is 3.34. The third-order valence-corrected chi connectivity index (χ3v) is 6.49. The van der Waals surface area contributed by atoms with Crippen molar-refractivity contribution in [2.24, 2.45) is 0 Å². The number of halogens is 1. The van der Waals surface area contributed by atoms with Crippen LogP contribution in [0.5, 0.6) is 0 Å². The third-order valence-electron chi connectivity index (χ3n) is 4.72. The molecular formula is C20H22ClN3O2S. The second-order valence-electron chi connectivity index (χ2n) is 6.42. The number of aromatic nitrogens is 1. The Morgan fingerprint density at radius 3 is 2.56 bits per heavy atom. The van der Waals surface area contributed by atoms with Crippen LogP contribution < -0.4 is 10.2 Å². The van der Waals surface area contributed by atoms with E-state index in [2.05, 4.69) is 15.2 Å². The first-order chi connectivity index (χ1) is 12.7. The number of nitrogens with one attached hydrogen (secondary N) is 1. The van der Waals surface area contributed by atoms with Gasteiger partial charge in [-0.3, -0.25) is 0 Å². The van der Waals surface area contributed by atoms with E-state index in [0.717, 1.165) is 49.2 Å². The number of rotatable bonds is 3. The van der Waals surface area contributed by atoms with Crippen molar-refractivity contribution < 1.29 is 8.42 Å². The predicted octanol–water partition coefficient (Wildman–Crippen LogP) is 3.29. The van der Waals surface area contributed by atoms with Gasteiger partial charge in [0.15, 0.2) is 0 Å². The van der Waals surface area contributed by atoms with Crippen LogP contribution in [0.3, 0.4) is 0 Å². The number of anilines is 1. The van der Waals surface area contributed by atoms with Gasteiger partial charge in [0.05, 0.1) is 9.79 Å². The Morgan fingerprint density at radius 1 is 0.926 bits per heavy atom. The first-order valence-corrected chi connectivity index (χ1v) is 10.3. The van der Waals surface area contributed by atoms with Crippen LogP contribution in [0.15, 0.2) is 70.6 Å². The van der Waals surface area contributed by atoms with E-state index in [4.69, 9.17) is 0 Å². The van der Waals surface area contributed by atoms with Crippen LogP contribution in [0.4, 0.5) is 5.82 Å². The van der Waals surface area contributed by atoms with Gasteiger partial charge in [-0.05, 0) is 48.7 Å². The highest BCUT2D eigenvalue weighted by Crippen LogP contribution is 2.29. The lowest BCUT2D eigenvalue weighted by molar-refractivity contribution is 0.596. The highest BCUT2D eigenvalue weighted by molar-refractivity contribution is 7.91. The van der Waals surface area contributed by atoms with Gasteiger partial charge in [-0.15, -0.1) is 12.4 Å². The number of hydrogen-bond donors (Lipinski definition) is 1. The zero-order valence-corrected chi connectivity index (χ0v) is 16.5. The molecule has 27 heavy (non-hydrogen) atoms. The summed E-state index contributed by atoms with van der Waals surface area (Å²) < 4.78 is 26.0. The second-order valence-corrected chi connectivity index (χ2v) is 8.37. The molecule has 7 heteroatoms. The predicted molar refractivity (Wildman–Crippen MR) is 111 cm³/mol. The SMILES string of the molecule is Cl.O=S(=O)(c1ccccc1)c1ccc2ccnc(N3CCCNCC3)c2c1.